The number of hydrogen-bond donors (Lipinski definition) is 0. The summed E-state index contributed by atoms with van der Waals surface area (Å²) in [7, 11) is 0. The minimum Gasteiger partial charge on any atom is -0.361 e. The molecule has 1 aromatic carbocycles. The van der Waals surface area contributed by atoms with Crippen LogP contribution in [0.3, 0.4) is 0 Å². The maximum atomic E-state index is 8.99. The molecule has 0 N–H and O–H groups in total. The van der Waals surface area contributed by atoms with Gasteiger partial charge in [-0.2, -0.15) is 5.26 Å². The quantitative estimate of drug-likeness (QED) is 0.868. The number of nitrogens with zero attached hydrogens (tertiary/aromatic N) is 4. The third-order valence-electron chi connectivity index (χ3n) is 4.49. The Labute approximate surface area is 137 Å². The van der Waals surface area contributed by atoms with Crippen molar-refractivity contribution in [2.24, 2.45) is 0 Å². The van der Waals surface area contributed by atoms with E-state index in [9.17, 15) is 0 Å². The molecule has 0 spiro atoms. The van der Waals surface area contributed by atoms with Crippen LogP contribution in [-0.2, 0) is 13.1 Å². The van der Waals surface area contributed by atoms with Crippen molar-refractivity contribution >= 4 is 0 Å². The summed E-state index contributed by atoms with van der Waals surface area (Å²) in [6, 6.07) is 10.1. The number of piperazine rings is 1. The van der Waals surface area contributed by atoms with Gasteiger partial charge in [0.2, 0.25) is 0 Å². The van der Waals surface area contributed by atoms with E-state index in [1.54, 1.807) is 0 Å². The van der Waals surface area contributed by atoms with Gasteiger partial charge in [-0.1, -0.05) is 17.3 Å². The van der Waals surface area contributed by atoms with E-state index in [1.807, 2.05) is 32.0 Å². The Bertz CT molecular complexity index is 689. The van der Waals surface area contributed by atoms with Crippen LogP contribution in [0.15, 0.2) is 28.8 Å². The molecule has 5 heteroatoms. The number of aryl methyl sites for hydroxylation is 2. The van der Waals surface area contributed by atoms with Crippen LogP contribution in [0.4, 0.5) is 0 Å². The van der Waals surface area contributed by atoms with Crippen LogP contribution in [0.1, 0.15) is 28.1 Å². The zero-order chi connectivity index (χ0) is 16.2. The van der Waals surface area contributed by atoms with Crippen molar-refractivity contribution in [3.8, 4) is 6.07 Å². The van der Waals surface area contributed by atoms with Gasteiger partial charge in [-0.3, -0.25) is 9.80 Å². The lowest BCUT2D eigenvalue weighted by Gasteiger charge is -2.34. The predicted molar refractivity (Wildman–Crippen MR) is 87.7 cm³/mol. The number of aromatic nitrogens is 1. The van der Waals surface area contributed by atoms with Gasteiger partial charge in [0, 0.05) is 44.8 Å². The molecule has 1 aliphatic heterocycles. The molecule has 0 bridgehead atoms. The first-order valence-electron chi connectivity index (χ1n) is 8.01. The molecule has 0 atom stereocenters. The maximum absolute atomic E-state index is 8.99. The third kappa shape index (κ3) is 3.79. The maximum Gasteiger partial charge on any atom is 0.138 e. The van der Waals surface area contributed by atoms with E-state index in [1.165, 1.54) is 11.1 Å². The van der Waals surface area contributed by atoms with E-state index in [2.05, 4.69) is 27.1 Å². The van der Waals surface area contributed by atoms with Gasteiger partial charge in [0.05, 0.1) is 17.3 Å². The summed E-state index contributed by atoms with van der Waals surface area (Å²) >= 11 is 0. The minimum atomic E-state index is 0.736. The van der Waals surface area contributed by atoms with Gasteiger partial charge in [-0.05, 0) is 31.5 Å². The van der Waals surface area contributed by atoms with Crippen molar-refractivity contribution in [1.82, 2.24) is 15.0 Å². The summed E-state index contributed by atoms with van der Waals surface area (Å²) in [6.45, 7) is 9.98. The molecule has 2 heterocycles. The lowest BCUT2D eigenvalue weighted by atomic mass is 10.1. The Hall–Kier alpha value is -2.16. The van der Waals surface area contributed by atoms with E-state index < -0.39 is 0 Å². The summed E-state index contributed by atoms with van der Waals surface area (Å²) in [5, 5.41) is 13.0. The van der Waals surface area contributed by atoms with Gasteiger partial charge in [-0.25, -0.2) is 0 Å². The summed E-state index contributed by atoms with van der Waals surface area (Å²) in [6.07, 6.45) is 0. The van der Waals surface area contributed by atoms with Crippen molar-refractivity contribution in [2.75, 3.05) is 26.2 Å². The van der Waals surface area contributed by atoms with Crippen LogP contribution >= 0.6 is 0 Å². The number of hydrogen-bond acceptors (Lipinski definition) is 5. The number of benzene rings is 1. The zero-order valence-electron chi connectivity index (χ0n) is 13.7. The van der Waals surface area contributed by atoms with Gasteiger partial charge in [0.1, 0.15) is 5.76 Å². The SMILES string of the molecule is Cc1noc(C)c1CN1CCN(Cc2cccc(C#N)c2)CC1. The fourth-order valence-corrected chi connectivity index (χ4v) is 3.05. The molecule has 23 heavy (non-hydrogen) atoms. The third-order valence-corrected chi connectivity index (χ3v) is 4.49. The first-order chi connectivity index (χ1) is 11.2. The first kappa shape index (κ1) is 15.7. The van der Waals surface area contributed by atoms with E-state index in [4.69, 9.17) is 9.78 Å². The first-order valence-corrected chi connectivity index (χ1v) is 8.01. The Morgan fingerprint density at radius 1 is 1.13 bits per heavy atom. The minimum absolute atomic E-state index is 0.736. The monoisotopic (exact) mass is 310 g/mol. The Morgan fingerprint density at radius 3 is 2.43 bits per heavy atom. The number of nitriles is 1. The van der Waals surface area contributed by atoms with Crippen LogP contribution in [-0.4, -0.2) is 41.1 Å². The summed E-state index contributed by atoms with van der Waals surface area (Å²) < 4.78 is 5.25. The topological polar surface area (TPSA) is 56.3 Å². The average molecular weight is 310 g/mol. The standard InChI is InChI=1S/C18H22N4O/c1-14-18(15(2)23-20-14)13-22-8-6-21(7-9-22)12-17-5-3-4-16(10-17)11-19/h3-5,10H,6-9,12-13H2,1-2H3. The highest BCUT2D eigenvalue weighted by Crippen LogP contribution is 2.17. The second-order valence-corrected chi connectivity index (χ2v) is 6.17. The molecule has 0 saturated carbocycles. The Kier molecular flexibility index (Phi) is 4.75. The van der Waals surface area contributed by atoms with Crippen LogP contribution in [0.5, 0.6) is 0 Å². The molecule has 0 unspecified atom stereocenters. The van der Waals surface area contributed by atoms with Crippen LogP contribution in [0, 0.1) is 25.2 Å². The van der Waals surface area contributed by atoms with Crippen molar-refractivity contribution < 1.29 is 4.52 Å². The fraction of sp³-hybridized carbons (Fsp3) is 0.444. The Morgan fingerprint density at radius 2 is 1.83 bits per heavy atom. The second-order valence-electron chi connectivity index (χ2n) is 6.17. The fourth-order valence-electron chi connectivity index (χ4n) is 3.05. The highest BCUT2D eigenvalue weighted by atomic mass is 16.5. The second kappa shape index (κ2) is 6.95. The van der Waals surface area contributed by atoms with E-state index in [0.717, 1.165) is 56.3 Å². The van der Waals surface area contributed by atoms with Crippen molar-refractivity contribution in [1.29, 1.82) is 5.26 Å². The van der Waals surface area contributed by atoms with Crippen molar-refractivity contribution in [3.05, 3.63) is 52.4 Å². The van der Waals surface area contributed by atoms with Gasteiger partial charge >= 0.3 is 0 Å². The zero-order valence-corrected chi connectivity index (χ0v) is 13.7. The van der Waals surface area contributed by atoms with Crippen LogP contribution < -0.4 is 0 Å². The van der Waals surface area contributed by atoms with Gasteiger partial charge in [-0.15, -0.1) is 0 Å². The van der Waals surface area contributed by atoms with Crippen LogP contribution in [0.25, 0.3) is 0 Å². The molecule has 1 fully saturated rings. The van der Waals surface area contributed by atoms with E-state index in [-0.39, 0.29) is 0 Å². The molecule has 0 amide bonds. The summed E-state index contributed by atoms with van der Waals surface area (Å²) in [5.74, 6) is 0.929. The number of rotatable bonds is 4. The van der Waals surface area contributed by atoms with Crippen LogP contribution in [0.2, 0.25) is 0 Å². The normalized spacial score (nSPS) is 16.4. The van der Waals surface area contributed by atoms with Crippen molar-refractivity contribution in [3.63, 3.8) is 0 Å². The summed E-state index contributed by atoms with van der Waals surface area (Å²) in [4.78, 5) is 4.90. The molecule has 5 nitrogen and oxygen atoms in total. The highest BCUT2D eigenvalue weighted by Gasteiger charge is 2.19. The van der Waals surface area contributed by atoms with Gasteiger partial charge < -0.3 is 4.52 Å². The molecule has 0 aliphatic carbocycles. The molecular formula is C18H22N4O. The smallest absolute Gasteiger partial charge is 0.138 e. The molecule has 120 valence electrons. The van der Waals surface area contributed by atoms with Gasteiger partial charge in [0.15, 0.2) is 0 Å². The van der Waals surface area contributed by atoms with Gasteiger partial charge in [0.25, 0.3) is 0 Å². The lowest BCUT2D eigenvalue weighted by Crippen LogP contribution is -2.45. The van der Waals surface area contributed by atoms with Crippen molar-refractivity contribution in [2.45, 2.75) is 26.9 Å². The highest BCUT2D eigenvalue weighted by molar-refractivity contribution is 5.32. The average Bonchev–Trinajstić information content (AvgIpc) is 2.89. The Balaban J connectivity index is 1.53. The molecular weight excluding hydrogens is 288 g/mol. The molecule has 3 rings (SSSR count). The predicted octanol–water partition coefficient (Wildman–Crippen LogP) is 2.48. The lowest BCUT2D eigenvalue weighted by molar-refractivity contribution is 0.121. The molecule has 1 saturated heterocycles. The largest absolute Gasteiger partial charge is 0.361 e. The molecule has 1 aliphatic rings. The molecule has 2 aromatic rings. The van der Waals surface area contributed by atoms with E-state index >= 15 is 0 Å². The molecule has 0 radical (unpaired) electrons. The summed E-state index contributed by atoms with van der Waals surface area (Å²) in [5.41, 5.74) is 4.17. The van der Waals surface area contributed by atoms with E-state index in [0.29, 0.717) is 0 Å². The molecule has 1 aromatic heterocycles.